The maximum Gasteiger partial charge on any atom is 0.134 e. The van der Waals surface area contributed by atoms with Crippen LogP contribution in [0.25, 0.3) is 5.69 Å². The third kappa shape index (κ3) is 1.66. The van der Waals surface area contributed by atoms with Crippen LogP contribution in [0.5, 0.6) is 0 Å². The highest BCUT2D eigenvalue weighted by Gasteiger charge is 2.18. The summed E-state index contributed by atoms with van der Waals surface area (Å²) in [7, 11) is 0. The van der Waals surface area contributed by atoms with Gasteiger partial charge in [0.15, 0.2) is 0 Å². The second-order valence-corrected chi connectivity index (χ2v) is 4.61. The van der Waals surface area contributed by atoms with Crippen LogP contribution < -0.4 is 0 Å². The van der Waals surface area contributed by atoms with Crippen LogP contribution in [0, 0.1) is 0 Å². The minimum Gasteiger partial charge on any atom is -0.302 e. The lowest BCUT2D eigenvalue weighted by molar-refractivity contribution is 0.879. The number of fused-ring (bicyclic) bond motifs is 3. The van der Waals surface area contributed by atoms with E-state index in [-0.39, 0.29) is 0 Å². The number of hydrogen-bond acceptors (Lipinski definition) is 3. The molecule has 0 bridgehead atoms. The van der Waals surface area contributed by atoms with Gasteiger partial charge in [0.05, 0.1) is 23.6 Å². The molecule has 20 heavy (non-hydrogen) atoms. The van der Waals surface area contributed by atoms with Crippen LogP contribution in [0.15, 0.2) is 66.0 Å². The fourth-order valence-corrected chi connectivity index (χ4v) is 2.51. The quantitative estimate of drug-likeness (QED) is 0.675. The number of pyridine rings is 1. The smallest absolute Gasteiger partial charge is 0.134 e. The van der Waals surface area contributed by atoms with Crippen LogP contribution >= 0.6 is 0 Å². The number of aromatic nitrogens is 3. The molecule has 4 rings (SSSR count). The monoisotopic (exact) mass is 260 g/mol. The van der Waals surface area contributed by atoms with Gasteiger partial charge in [0.1, 0.15) is 5.82 Å². The SMILES string of the molecule is c1ccc(C2=NCc3nccn3-c3ccccc32)nc1. The van der Waals surface area contributed by atoms with E-state index >= 15 is 0 Å². The molecule has 2 aromatic heterocycles. The van der Waals surface area contributed by atoms with Crippen molar-refractivity contribution in [3.63, 3.8) is 0 Å². The zero-order valence-electron chi connectivity index (χ0n) is 10.8. The number of nitrogens with zero attached hydrogens (tertiary/aromatic N) is 4. The second-order valence-electron chi connectivity index (χ2n) is 4.61. The molecule has 0 saturated carbocycles. The van der Waals surface area contributed by atoms with Crippen molar-refractivity contribution in [2.45, 2.75) is 6.54 Å². The number of para-hydroxylation sites is 1. The minimum atomic E-state index is 0.563. The van der Waals surface area contributed by atoms with Crippen molar-refractivity contribution < 1.29 is 0 Å². The first kappa shape index (κ1) is 11.1. The van der Waals surface area contributed by atoms with E-state index in [1.54, 1.807) is 6.20 Å². The van der Waals surface area contributed by atoms with Gasteiger partial charge in [0, 0.05) is 24.2 Å². The van der Waals surface area contributed by atoms with E-state index < -0.39 is 0 Å². The first-order valence-electron chi connectivity index (χ1n) is 6.51. The summed E-state index contributed by atoms with van der Waals surface area (Å²) in [5.74, 6) is 0.948. The van der Waals surface area contributed by atoms with Crippen molar-refractivity contribution in [2.24, 2.45) is 4.99 Å². The summed E-state index contributed by atoms with van der Waals surface area (Å²) in [5.41, 5.74) is 4.00. The number of hydrogen-bond donors (Lipinski definition) is 0. The standard InChI is InChI=1S/C16H12N4/c1-2-7-14-12(5-1)16(13-6-3-4-8-17-13)19-11-15-18-9-10-20(14)15/h1-10H,11H2. The number of rotatable bonds is 1. The van der Waals surface area contributed by atoms with E-state index in [1.165, 1.54) is 0 Å². The van der Waals surface area contributed by atoms with Gasteiger partial charge >= 0.3 is 0 Å². The first-order chi connectivity index (χ1) is 9.93. The summed E-state index contributed by atoms with van der Waals surface area (Å²) >= 11 is 0. The van der Waals surface area contributed by atoms with E-state index in [9.17, 15) is 0 Å². The predicted octanol–water partition coefficient (Wildman–Crippen LogP) is 2.62. The summed E-state index contributed by atoms with van der Waals surface area (Å²) in [6.45, 7) is 0.563. The Labute approximate surface area is 116 Å². The molecule has 96 valence electrons. The number of aliphatic imine (C=N–C) groups is 1. The Kier molecular flexibility index (Phi) is 2.45. The summed E-state index contributed by atoms with van der Waals surface area (Å²) in [6, 6.07) is 14.1. The largest absolute Gasteiger partial charge is 0.302 e. The fourth-order valence-electron chi connectivity index (χ4n) is 2.51. The zero-order chi connectivity index (χ0) is 13.4. The van der Waals surface area contributed by atoms with Gasteiger partial charge in [0.25, 0.3) is 0 Å². The molecule has 0 atom stereocenters. The number of imidazole rings is 1. The average Bonchev–Trinajstić information content (AvgIpc) is 2.92. The Balaban J connectivity index is 1.98. The van der Waals surface area contributed by atoms with Gasteiger partial charge in [-0.2, -0.15) is 0 Å². The fraction of sp³-hybridized carbons (Fsp3) is 0.0625. The predicted molar refractivity (Wildman–Crippen MR) is 77.1 cm³/mol. The van der Waals surface area contributed by atoms with Crippen molar-refractivity contribution in [2.75, 3.05) is 0 Å². The van der Waals surface area contributed by atoms with Crippen LogP contribution in [0.3, 0.4) is 0 Å². The molecule has 1 aliphatic rings. The lowest BCUT2D eigenvalue weighted by Crippen LogP contribution is -2.08. The van der Waals surface area contributed by atoms with E-state index in [4.69, 9.17) is 4.99 Å². The van der Waals surface area contributed by atoms with E-state index in [1.807, 2.05) is 42.7 Å². The number of benzene rings is 1. The van der Waals surface area contributed by atoms with Gasteiger partial charge in [-0.15, -0.1) is 0 Å². The Morgan fingerprint density at radius 1 is 0.900 bits per heavy atom. The van der Waals surface area contributed by atoms with Gasteiger partial charge in [0.2, 0.25) is 0 Å². The zero-order valence-corrected chi connectivity index (χ0v) is 10.8. The van der Waals surface area contributed by atoms with Crippen LogP contribution in [-0.4, -0.2) is 20.2 Å². The Morgan fingerprint density at radius 3 is 2.70 bits per heavy atom. The van der Waals surface area contributed by atoms with E-state index in [0.29, 0.717) is 6.54 Å². The molecule has 0 radical (unpaired) electrons. The van der Waals surface area contributed by atoms with Crippen LogP contribution in [0.1, 0.15) is 17.1 Å². The molecule has 0 spiro atoms. The summed E-state index contributed by atoms with van der Waals surface area (Å²) in [4.78, 5) is 13.5. The highest BCUT2D eigenvalue weighted by Crippen LogP contribution is 2.23. The third-order valence-electron chi connectivity index (χ3n) is 3.42. The minimum absolute atomic E-state index is 0.563. The maximum atomic E-state index is 4.72. The molecule has 1 aromatic carbocycles. The normalized spacial score (nSPS) is 13.1. The Morgan fingerprint density at radius 2 is 1.80 bits per heavy atom. The highest BCUT2D eigenvalue weighted by atomic mass is 15.1. The van der Waals surface area contributed by atoms with E-state index in [0.717, 1.165) is 28.5 Å². The molecule has 0 saturated heterocycles. The molecule has 0 fully saturated rings. The maximum absolute atomic E-state index is 4.72. The molecule has 4 nitrogen and oxygen atoms in total. The molecule has 0 N–H and O–H groups in total. The highest BCUT2D eigenvalue weighted by molar-refractivity contribution is 6.14. The lowest BCUT2D eigenvalue weighted by Gasteiger charge is -2.10. The van der Waals surface area contributed by atoms with Crippen LogP contribution in [0.4, 0.5) is 0 Å². The van der Waals surface area contributed by atoms with Gasteiger partial charge in [-0.1, -0.05) is 24.3 Å². The molecule has 3 aromatic rings. The summed E-state index contributed by atoms with van der Waals surface area (Å²) in [5, 5.41) is 0. The van der Waals surface area contributed by atoms with Gasteiger partial charge in [-0.25, -0.2) is 4.98 Å². The van der Waals surface area contributed by atoms with Crippen molar-refractivity contribution in [3.05, 3.63) is 78.1 Å². The molecular weight excluding hydrogens is 248 g/mol. The van der Waals surface area contributed by atoms with Crippen molar-refractivity contribution >= 4 is 5.71 Å². The molecule has 1 aliphatic heterocycles. The van der Waals surface area contributed by atoms with Gasteiger partial charge in [-0.05, 0) is 18.2 Å². The second kappa shape index (κ2) is 4.42. The first-order valence-corrected chi connectivity index (χ1v) is 6.51. The molecule has 3 heterocycles. The Hall–Kier alpha value is -2.75. The van der Waals surface area contributed by atoms with Crippen LogP contribution in [-0.2, 0) is 6.54 Å². The van der Waals surface area contributed by atoms with E-state index in [2.05, 4.69) is 26.7 Å². The van der Waals surface area contributed by atoms with Crippen molar-refractivity contribution in [1.29, 1.82) is 0 Å². The third-order valence-corrected chi connectivity index (χ3v) is 3.42. The molecular formula is C16H12N4. The topological polar surface area (TPSA) is 43.1 Å². The van der Waals surface area contributed by atoms with Gasteiger partial charge < -0.3 is 4.57 Å². The van der Waals surface area contributed by atoms with Crippen molar-refractivity contribution in [3.8, 4) is 5.69 Å². The van der Waals surface area contributed by atoms with Crippen LogP contribution in [0.2, 0.25) is 0 Å². The lowest BCUT2D eigenvalue weighted by atomic mass is 10.0. The van der Waals surface area contributed by atoms with Gasteiger partial charge in [-0.3, -0.25) is 9.98 Å². The summed E-state index contributed by atoms with van der Waals surface area (Å²) < 4.78 is 2.09. The average molecular weight is 260 g/mol. The molecule has 0 aliphatic carbocycles. The molecule has 0 amide bonds. The Bertz CT molecular complexity index is 787. The van der Waals surface area contributed by atoms with Crippen molar-refractivity contribution in [1.82, 2.24) is 14.5 Å². The molecule has 4 heteroatoms. The summed E-state index contributed by atoms with van der Waals surface area (Å²) in [6.07, 6.45) is 5.59. The molecule has 0 unspecified atom stereocenters.